The highest BCUT2D eigenvalue weighted by molar-refractivity contribution is 7.98. The van der Waals surface area contributed by atoms with Crippen molar-refractivity contribution in [3.8, 4) is 11.3 Å². The monoisotopic (exact) mass is 500 g/mol. The lowest BCUT2D eigenvalue weighted by Gasteiger charge is -2.43. The molecule has 6 rings (SSSR count). The van der Waals surface area contributed by atoms with Crippen molar-refractivity contribution in [2.75, 3.05) is 6.61 Å². The van der Waals surface area contributed by atoms with Crippen LogP contribution in [0, 0.1) is 0 Å². The van der Waals surface area contributed by atoms with Gasteiger partial charge in [0.25, 0.3) is 5.56 Å². The highest BCUT2D eigenvalue weighted by Crippen LogP contribution is 2.49. The van der Waals surface area contributed by atoms with Gasteiger partial charge in [0.1, 0.15) is 0 Å². The fraction of sp³-hybridized carbons (Fsp3) is 0.484. The van der Waals surface area contributed by atoms with E-state index in [4.69, 9.17) is 9.72 Å². The topological polar surface area (TPSA) is 44.1 Å². The van der Waals surface area contributed by atoms with Crippen molar-refractivity contribution in [2.24, 2.45) is 0 Å². The Balaban J connectivity index is 1.54. The van der Waals surface area contributed by atoms with E-state index < -0.39 is 0 Å². The molecule has 1 aromatic heterocycles. The van der Waals surface area contributed by atoms with Crippen molar-refractivity contribution in [3.63, 3.8) is 0 Å². The molecule has 1 saturated heterocycles. The minimum atomic E-state index is -0.241. The molecule has 0 N–H and O–H groups in total. The van der Waals surface area contributed by atoms with E-state index in [1.54, 1.807) is 11.8 Å². The minimum absolute atomic E-state index is 0.0862. The molecular weight excluding hydrogens is 464 g/mol. The molecule has 3 aromatic rings. The molecule has 0 amide bonds. The molecule has 0 radical (unpaired) electrons. The van der Waals surface area contributed by atoms with Crippen LogP contribution < -0.4 is 5.56 Å². The van der Waals surface area contributed by atoms with Crippen LogP contribution in [0.15, 0.2) is 64.5 Å². The third-order valence-electron chi connectivity index (χ3n) is 8.47. The van der Waals surface area contributed by atoms with Crippen LogP contribution in [0.1, 0.15) is 81.5 Å². The molecule has 1 aliphatic heterocycles. The average Bonchev–Trinajstić information content (AvgIpc) is 2.88. The Morgan fingerprint density at radius 2 is 1.78 bits per heavy atom. The van der Waals surface area contributed by atoms with Crippen LogP contribution in [0.4, 0.5) is 0 Å². The molecule has 0 bridgehead atoms. The first-order chi connectivity index (χ1) is 17.5. The Hall–Kier alpha value is -2.37. The number of fused-ring (bicyclic) bond motifs is 4. The largest absolute Gasteiger partial charge is 0.375 e. The van der Waals surface area contributed by atoms with E-state index in [9.17, 15) is 4.79 Å². The second-order valence-corrected chi connectivity index (χ2v) is 12.4. The van der Waals surface area contributed by atoms with Crippen LogP contribution in [0.2, 0.25) is 0 Å². The Kier molecular flexibility index (Phi) is 6.33. The number of hydrogen-bond acceptors (Lipinski definition) is 4. The molecule has 0 unspecified atom stereocenters. The molecule has 1 spiro atoms. The van der Waals surface area contributed by atoms with Gasteiger partial charge in [-0.05, 0) is 57.1 Å². The number of hydrogen-bond donors (Lipinski definition) is 0. The standard InChI is InChI=1S/C31H36N2O2S/c1-30(2)20-24(15-18-35-30)33-28(34)26-27(32-29(33)36-21-22-11-5-3-6-12-22)25-14-8-7-13-23(25)19-31(26)16-9-4-10-17-31/h3,5-8,11-14,24H,4,9-10,15-21H2,1-2H3/t24-/m0/s1. The maximum atomic E-state index is 14.7. The maximum absolute atomic E-state index is 14.7. The first-order valence-electron chi connectivity index (χ1n) is 13.5. The fourth-order valence-electron chi connectivity index (χ4n) is 6.77. The summed E-state index contributed by atoms with van der Waals surface area (Å²) in [5.74, 6) is 0.797. The number of benzene rings is 2. The van der Waals surface area contributed by atoms with Crippen molar-refractivity contribution in [1.29, 1.82) is 0 Å². The highest BCUT2D eigenvalue weighted by atomic mass is 32.2. The highest BCUT2D eigenvalue weighted by Gasteiger charge is 2.44. The van der Waals surface area contributed by atoms with Gasteiger partial charge in [0.2, 0.25) is 0 Å². The number of thioether (sulfide) groups is 1. The second-order valence-electron chi connectivity index (χ2n) is 11.5. The molecule has 1 saturated carbocycles. The van der Waals surface area contributed by atoms with E-state index in [2.05, 4.69) is 66.9 Å². The minimum Gasteiger partial charge on any atom is -0.375 e. The lowest BCUT2D eigenvalue weighted by Crippen LogP contribution is -2.45. The molecule has 3 aliphatic rings. The molecule has 188 valence electrons. The van der Waals surface area contributed by atoms with Gasteiger partial charge in [-0.25, -0.2) is 4.98 Å². The number of nitrogens with zero attached hydrogens (tertiary/aromatic N) is 2. The Morgan fingerprint density at radius 1 is 1.03 bits per heavy atom. The van der Waals surface area contributed by atoms with E-state index in [0.717, 1.165) is 59.8 Å². The zero-order chi connectivity index (χ0) is 24.8. The quantitative estimate of drug-likeness (QED) is 0.283. The van der Waals surface area contributed by atoms with Gasteiger partial charge in [-0.3, -0.25) is 9.36 Å². The second kappa shape index (κ2) is 9.50. The van der Waals surface area contributed by atoms with Gasteiger partial charge in [0.05, 0.1) is 16.9 Å². The van der Waals surface area contributed by atoms with Gasteiger partial charge in [0.15, 0.2) is 5.16 Å². The Bertz CT molecular complexity index is 1310. The van der Waals surface area contributed by atoms with Gasteiger partial charge in [-0.2, -0.15) is 0 Å². The number of aromatic nitrogens is 2. The van der Waals surface area contributed by atoms with Crippen molar-refractivity contribution in [2.45, 2.75) is 93.2 Å². The first kappa shape index (κ1) is 24.0. The summed E-state index contributed by atoms with van der Waals surface area (Å²) in [6.45, 7) is 4.97. The predicted molar refractivity (Wildman–Crippen MR) is 147 cm³/mol. The third-order valence-corrected chi connectivity index (χ3v) is 9.50. The van der Waals surface area contributed by atoms with Crippen LogP contribution in [-0.2, 0) is 22.3 Å². The first-order valence-corrected chi connectivity index (χ1v) is 14.5. The summed E-state index contributed by atoms with van der Waals surface area (Å²) in [6, 6.07) is 19.3. The normalized spacial score (nSPS) is 22.1. The average molecular weight is 501 g/mol. The van der Waals surface area contributed by atoms with E-state index >= 15 is 0 Å². The van der Waals surface area contributed by atoms with Gasteiger partial charge in [-0.1, -0.05) is 85.6 Å². The molecule has 36 heavy (non-hydrogen) atoms. The molecule has 4 nitrogen and oxygen atoms in total. The molecule has 2 aromatic carbocycles. The molecular formula is C31H36N2O2S. The van der Waals surface area contributed by atoms with Crippen LogP contribution in [-0.4, -0.2) is 21.8 Å². The summed E-state index contributed by atoms with van der Waals surface area (Å²) >= 11 is 1.70. The Morgan fingerprint density at radius 3 is 2.56 bits per heavy atom. The lowest BCUT2D eigenvalue weighted by molar-refractivity contribution is -0.0710. The van der Waals surface area contributed by atoms with E-state index in [0.29, 0.717) is 6.61 Å². The number of ether oxygens (including phenoxy) is 1. The van der Waals surface area contributed by atoms with Gasteiger partial charge in [0, 0.05) is 29.4 Å². The summed E-state index contributed by atoms with van der Waals surface area (Å²) in [5, 5.41) is 0.855. The van der Waals surface area contributed by atoms with Crippen LogP contribution in [0.25, 0.3) is 11.3 Å². The van der Waals surface area contributed by atoms with E-state index in [1.807, 2.05) is 6.07 Å². The SMILES string of the molecule is CC1(C)C[C@@H](n2c(SCc3ccccc3)nc3c(c2=O)C2(CCCCC2)Cc2ccccc2-3)CCO1. The maximum Gasteiger partial charge on any atom is 0.258 e. The molecule has 5 heteroatoms. The van der Waals surface area contributed by atoms with Gasteiger partial charge >= 0.3 is 0 Å². The zero-order valence-electron chi connectivity index (χ0n) is 21.5. The van der Waals surface area contributed by atoms with Crippen molar-refractivity contribution >= 4 is 11.8 Å². The predicted octanol–water partition coefficient (Wildman–Crippen LogP) is 7.09. The van der Waals surface area contributed by atoms with Crippen LogP contribution >= 0.6 is 11.8 Å². The molecule has 2 fully saturated rings. The fourth-order valence-corrected chi connectivity index (χ4v) is 7.78. The third kappa shape index (κ3) is 4.35. The lowest BCUT2D eigenvalue weighted by atomic mass is 9.62. The summed E-state index contributed by atoms with van der Waals surface area (Å²) in [5.41, 5.74) is 5.57. The van der Waals surface area contributed by atoms with Gasteiger partial charge < -0.3 is 4.74 Å². The van der Waals surface area contributed by atoms with Gasteiger partial charge in [-0.15, -0.1) is 0 Å². The van der Waals surface area contributed by atoms with E-state index in [-0.39, 0.29) is 22.6 Å². The summed E-state index contributed by atoms with van der Waals surface area (Å²) < 4.78 is 8.14. The van der Waals surface area contributed by atoms with Crippen molar-refractivity contribution < 1.29 is 4.74 Å². The van der Waals surface area contributed by atoms with Crippen LogP contribution in [0.5, 0.6) is 0 Å². The number of rotatable bonds is 4. The van der Waals surface area contributed by atoms with Crippen molar-refractivity contribution in [3.05, 3.63) is 81.6 Å². The summed E-state index contributed by atoms with van der Waals surface area (Å²) in [4.78, 5) is 20.1. The van der Waals surface area contributed by atoms with Crippen molar-refractivity contribution in [1.82, 2.24) is 9.55 Å². The zero-order valence-corrected chi connectivity index (χ0v) is 22.3. The molecule has 1 atom stereocenters. The smallest absolute Gasteiger partial charge is 0.258 e. The summed E-state index contributed by atoms with van der Waals surface area (Å²) in [7, 11) is 0. The van der Waals surface area contributed by atoms with Crippen LogP contribution in [0.3, 0.4) is 0 Å². The Labute approximate surface area is 218 Å². The van der Waals surface area contributed by atoms with E-state index in [1.165, 1.54) is 30.4 Å². The molecule has 2 aliphatic carbocycles. The molecule has 2 heterocycles. The summed E-state index contributed by atoms with van der Waals surface area (Å²) in [6.07, 6.45) is 8.46.